The molecule has 6 aromatic carbocycles. The van der Waals surface area contributed by atoms with Crippen LogP contribution in [0.3, 0.4) is 0 Å². The van der Waals surface area contributed by atoms with Gasteiger partial charge in [0, 0.05) is 39.1 Å². The lowest BCUT2D eigenvalue weighted by Gasteiger charge is -2.09. The number of nitrogens with zero attached hydrogens (tertiary/aromatic N) is 5. The summed E-state index contributed by atoms with van der Waals surface area (Å²) in [7, 11) is 0. The fraction of sp³-hybridized carbons (Fsp3) is 0. The van der Waals surface area contributed by atoms with Crippen LogP contribution in [0.1, 0.15) is 0 Å². The van der Waals surface area contributed by atoms with E-state index in [1.54, 1.807) is 0 Å². The summed E-state index contributed by atoms with van der Waals surface area (Å²) in [5.41, 5.74) is 12.7. The highest BCUT2D eigenvalue weighted by Gasteiger charge is 2.18. The van der Waals surface area contributed by atoms with E-state index in [0.717, 1.165) is 72.3 Å². The molecule has 0 saturated carbocycles. The molecule has 0 unspecified atom stereocenters. The lowest BCUT2D eigenvalue weighted by atomic mass is 10.0. The number of aromatic nitrogens is 5. The molecule has 0 radical (unpaired) electrons. The average Bonchev–Trinajstić information content (AvgIpc) is 3.88. The molecular formula is C42H25N5O. The van der Waals surface area contributed by atoms with E-state index in [-0.39, 0.29) is 0 Å². The molecule has 0 N–H and O–H groups in total. The normalized spacial score (nSPS) is 12.2. The smallest absolute Gasteiger partial charge is 0.220 e. The van der Waals surface area contributed by atoms with Crippen molar-refractivity contribution < 1.29 is 4.42 Å². The second-order valence-electron chi connectivity index (χ2n) is 12.3. The van der Waals surface area contributed by atoms with Crippen molar-refractivity contribution in [3.63, 3.8) is 0 Å². The van der Waals surface area contributed by atoms with Crippen molar-refractivity contribution in [1.29, 1.82) is 0 Å². The van der Waals surface area contributed by atoms with Crippen molar-refractivity contribution in [3.05, 3.63) is 152 Å². The molecule has 5 aromatic heterocycles. The number of imidazole rings is 2. The molecule has 11 aromatic rings. The van der Waals surface area contributed by atoms with Gasteiger partial charge in [-0.2, -0.15) is 0 Å². The molecule has 48 heavy (non-hydrogen) atoms. The summed E-state index contributed by atoms with van der Waals surface area (Å²) in [6.07, 6.45) is 3.65. The third-order valence-corrected chi connectivity index (χ3v) is 9.73. The molecule has 6 nitrogen and oxygen atoms in total. The minimum absolute atomic E-state index is 0.866. The van der Waals surface area contributed by atoms with Crippen molar-refractivity contribution in [2.45, 2.75) is 0 Å². The number of benzene rings is 6. The molecule has 0 aliphatic carbocycles. The molecule has 5 heterocycles. The van der Waals surface area contributed by atoms with Crippen LogP contribution in [0.5, 0.6) is 0 Å². The summed E-state index contributed by atoms with van der Waals surface area (Å²) in [6.45, 7) is 0. The second-order valence-corrected chi connectivity index (χ2v) is 12.3. The highest BCUT2D eigenvalue weighted by atomic mass is 16.3. The Bertz CT molecular complexity index is 3030. The highest BCUT2D eigenvalue weighted by Crippen LogP contribution is 2.37. The Labute approximate surface area is 273 Å². The maximum Gasteiger partial charge on any atom is 0.220 e. The average molecular weight is 616 g/mol. The Hall–Kier alpha value is -6.66. The number of pyridine rings is 1. The summed E-state index contributed by atoms with van der Waals surface area (Å²) in [4.78, 5) is 9.33. The number of hydrogen-bond donors (Lipinski definition) is 0. The largest absolute Gasteiger partial charge is 0.456 e. The van der Waals surface area contributed by atoms with E-state index in [4.69, 9.17) is 9.40 Å². The predicted molar refractivity (Wildman–Crippen MR) is 194 cm³/mol. The first-order valence-electron chi connectivity index (χ1n) is 16.1. The van der Waals surface area contributed by atoms with Gasteiger partial charge >= 0.3 is 0 Å². The molecule has 0 amide bonds. The van der Waals surface area contributed by atoms with Gasteiger partial charge in [0.25, 0.3) is 0 Å². The van der Waals surface area contributed by atoms with Crippen molar-refractivity contribution in [2.75, 3.05) is 0 Å². The Kier molecular flexibility index (Phi) is 5.02. The highest BCUT2D eigenvalue weighted by molar-refractivity contribution is 6.11. The summed E-state index contributed by atoms with van der Waals surface area (Å²) in [5.74, 6) is 0.866. The number of furan rings is 1. The lowest BCUT2D eigenvalue weighted by molar-refractivity contribution is 0.669. The van der Waals surface area contributed by atoms with Crippen LogP contribution < -0.4 is 0 Å². The Morgan fingerprint density at radius 1 is 0.458 bits per heavy atom. The summed E-state index contributed by atoms with van der Waals surface area (Å²) >= 11 is 0. The van der Waals surface area contributed by atoms with Gasteiger partial charge in [-0.15, -0.1) is 0 Å². The lowest BCUT2D eigenvalue weighted by Crippen LogP contribution is -1.95. The summed E-state index contributed by atoms with van der Waals surface area (Å²) < 4.78 is 13.2. The Balaban J connectivity index is 1.09. The van der Waals surface area contributed by atoms with E-state index in [0.29, 0.717) is 0 Å². The third kappa shape index (κ3) is 3.46. The zero-order chi connectivity index (χ0) is 31.3. The van der Waals surface area contributed by atoms with Gasteiger partial charge in [-0.3, -0.25) is 14.0 Å². The van der Waals surface area contributed by atoms with E-state index in [1.165, 1.54) is 21.8 Å². The molecule has 0 spiro atoms. The predicted octanol–water partition coefficient (Wildman–Crippen LogP) is 10.5. The number of fused-ring (bicyclic) bond motifs is 11. The zero-order valence-corrected chi connectivity index (χ0v) is 25.6. The van der Waals surface area contributed by atoms with Crippen LogP contribution in [0, 0.1) is 0 Å². The van der Waals surface area contributed by atoms with Gasteiger partial charge in [0.05, 0.1) is 33.8 Å². The van der Waals surface area contributed by atoms with Crippen LogP contribution in [0.25, 0.3) is 94.1 Å². The minimum atomic E-state index is 0.866. The zero-order valence-electron chi connectivity index (χ0n) is 25.6. The monoisotopic (exact) mass is 615 g/mol. The van der Waals surface area contributed by atoms with E-state index in [9.17, 15) is 0 Å². The van der Waals surface area contributed by atoms with E-state index >= 15 is 0 Å². The molecule has 0 aliphatic rings. The minimum Gasteiger partial charge on any atom is -0.456 e. The summed E-state index contributed by atoms with van der Waals surface area (Å²) in [5, 5.41) is 4.69. The van der Waals surface area contributed by atoms with Gasteiger partial charge in [0.15, 0.2) is 0 Å². The fourth-order valence-corrected chi connectivity index (χ4v) is 7.62. The first-order valence-corrected chi connectivity index (χ1v) is 16.1. The van der Waals surface area contributed by atoms with E-state index in [2.05, 4.69) is 152 Å². The molecule has 0 fully saturated rings. The maximum absolute atomic E-state index is 6.37. The second kappa shape index (κ2) is 9.44. The number of rotatable bonds is 3. The van der Waals surface area contributed by atoms with Gasteiger partial charge in [0.1, 0.15) is 16.7 Å². The van der Waals surface area contributed by atoms with Crippen LogP contribution in [0.4, 0.5) is 0 Å². The third-order valence-electron chi connectivity index (χ3n) is 9.73. The van der Waals surface area contributed by atoms with E-state index in [1.807, 2.05) is 18.5 Å². The van der Waals surface area contributed by atoms with Gasteiger partial charge in [0.2, 0.25) is 5.78 Å². The first kappa shape index (κ1) is 25.5. The van der Waals surface area contributed by atoms with E-state index < -0.39 is 0 Å². The quantitative estimate of drug-likeness (QED) is 0.199. The van der Waals surface area contributed by atoms with Crippen LogP contribution in [-0.4, -0.2) is 23.5 Å². The van der Waals surface area contributed by atoms with Gasteiger partial charge in [-0.1, -0.05) is 66.7 Å². The van der Waals surface area contributed by atoms with Crippen LogP contribution in [0.2, 0.25) is 0 Å². The molecule has 0 bridgehead atoms. The van der Waals surface area contributed by atoms with Crippen molar-refractivity contribution in [3.8, 4) is 22.5 Å². The van der Waals surface area contributed by atoms with Crippen LogP contribution in [0.15, 0.2) is 156 Å². The molecule has 0 atom stereocenters. The van der Waals surface area contributed by atoms with Gasteiger partial charge in [-0.25, -0.2) is 4.98 Å². The topological polar surface area (TPSA) is 53.2 Å². The van der Waals surface area contributed by atoms with Crippen LogP contribution >= 0.6 is 0 Å². The molecule has 6 heteroatoms. The van der Waals surface area contributed by atoms with Crippen molar-refractivity contribution >= 4 is 71.6 Å². The van der Waals surface area contributed by atoms with Crippen LogP contribution in [-0.2, 0) is 0 Å². The van der Waals surface area contributed by atoms with Crippen molar-refractivity contribution in [2.24, 2.45) is 0 Å². The molecular weight excluding hydrogens is 590 g/mol. The number of para-hydroxylation sites is 4. The number of hydrogen-bond acceptors (Lipinski definition) is 3. The standard InChI is InChI=1S/C42H25N5O/c1-3-12-35-30(10-1)31-11-2-4-13-36(31)45(35)29-17-19-41-33(24-29)32-23-27(16-18-40(32)48-41)26-8-7-9-28(22-26)46-38-14-5-6-15-39(38)47-37-20-21-43-25-34(37)44-42(46)47/h1-25H. The maximum atomic E-state index is 6.37. The van der Waals surface area contributed by atoms with Gasteiger partial charge < -0.3 is 8.98 Å². The molecule has 0 aliphatic heterocycles. The first-order chi connectivity index (χ1) is 23.8. The molecule has 224 valence electrons. The Morgan fingerprint density at radius 2 is 1.12 bits per heavy atom. The summed E-state index contributed by atoms with van der Waals surface area (Å²) in [6, 6.07) is 49.4. The molecule has 0 saturated heterocycles. The van der Waals surface area contributed by atoms with Gasteiger partial charge in [-0.05, 0) is 83.9 Å². The molecule has 11 rings (SSSR count). The van der Waals surface area contributed by atoms with Crippen molar-refractivity contribution in [1.82, 2.24) is 23.5 Å². The Morgan fingerprint density at radius 3 is 1.94 bits per heavy atom. The SMILES string of the molecule is c1cc(-c2ccc3oc4ccc(-n5c6ccccc6c6ccccc65)cc4c3c2)cc(-n2c3ccccc3n3c4ccncc4nc23)c1. The fourth-order valence-electron chi connectivity index (χ4n) is 7.62.